The second-order valence-corrected chi connectivity index (χ2v) is 6.09. The van der Waals surface area contributed by atoms with Gasteiger partial charge in [-0.25, -0.2) is 0 Å². The molecule has 106 valence electrons. The molecule has 0 heterocycles. The van der Waals surface area contributed by atoms with Gasteiger partial charge >= 0.3 is 0 Å². The number of amides is 1. The second-order valence-electron chi connectivity index (χ2n) is 4.61. The highest BCUT2D eigenvalue weighted by Crippen LogP contribution is 2.14. The monoisotopic (exact) mass is 282 g/mol. The molecule has 0 spiro atoms. The van der Waals surface area contributed by atoms with E-state index >= 15 is 0 Å². The number of rotatable bonds is 7. The maximum Gasteiger partial charge on any atom is 0.237 e. The standard InChI is InChI=1S/C14H22N2O2S/c1-3-7-12(15)14(17)16-13(10-19(2)18)11-8-5-4-6-9-11/h4-6,8-9,12-13H,3,7,10,15H2,1-2H3,(H,16,17). The molecule has 4 nitrogen and oxygen atoms in total. The molecule has 1 aromatic rings. The van der Waals surface area contributed by atoms with Crippen LogP contribution < -0.4 is 11.1 Å². The van der Waals surface area contributed by atoms with Crippen LogP contribution in [0.5, 0.6) is 0 Å². The summed E-state index contributed by atoms with van der Waals surface area (Å²) in [6.45, 7) is 1.99. The number of hydrogen-bond acceptors (Lipinski definition) is 3. The van der Waals surface area contributed by atoms with Crippen LogP contribution in [0.25, 0.3) is 0 Å². The molecule has 0 aliphatic rings. The number of carbonyl (C=O) groups excluding carboxylic acids is 1. The highest BCUT2D eigenvalue weighted by molar-refractivity contribution is 7.84. The molecule has 3 unspecified atom stereocenters. The molecule has 1 rings (SSSR count). The number of benzene rings is 1. The van der Waals surface area contributed by atoms with Gasteiger partial charge in [0, 0.05) is 22.8 Å². The summed E-state index contributed by atoms with van der Waals surface area (Å²) < 4.78 is 11.4. The van der Waals surface area contributed by atoms with E-state index in [-0.39, 0.29) is 11.9 Å². The molecule has 3 atom stereocenters. The summed E-state index contributed by atoms with van der Waals surface area (Å²) in [6.07, 6.45) is 3.15. The number of hydrogen-bond donors (Lipinski definition) is 2. The number of nitrogens with one attached hydrogen (secondary N) is 1. The molecule has 0 saturated carbocycles. The number of nitrogens with two attached hydrogens (primary N) is 1. The Bertz CT molecular complexity index is 423. The molecule has 0 bridgehead atoms. The Morgan fingerprint density at radius 3 is 2.53 bits per heavy atom. The van der Waals surface area contributed by atoms with E-state index in [0.717, 1.165) is 12.0 Å². The van der Waals surface area contributed by atoms with Crippen LogP contribution >= 0.6 is 0 Å². The van der Waals surface area contributed by atoms with Crippen LogP contribution in [0.1, 0.15) is 31.4 Å². The van der Waals surface area contributed by atoms with Gasteiger partial charge in [-0.3, -0.25) is 9.00 Å². The van der Waals surface area contributed by atoms with Crippen LogP contribution in [0.2, 0.25) is 0 Å². The Kier molecular flexibility index (Phi) is 6.73. The van der Waals surface area contributed by atoms with Gasteiger partial charge in [0.2, 0.25) is 5.91 Å². The molecule has 1 aromatic carbocycles. The van der Waals surface area contributed by atoms with Gasteiger partial charge in [0.1, 0.15) is 0 Å². The Balaban J connectivity index is 2.76. The first-order valence-corrected chi connectivity index (χ1v) is 8.18. The molecule has 19 heavy (non-hydrogen) atoms. The molecule has 3 N–H and O–H groups in total. The zero-order chi connectivity index (χ0) is 14.3. The summed E-state index contributed by atoms with van der Waals surface area (Å²) in [6, 6.07) is 8.81. The maximum absolute atomic E-state index is 12.0. The first kappa shape index (κ1) is 15.9. The lowest BCUT2D eigenvalue weighted by molar-refractivity contribution is -0.123. The van der Waals surface area contributed by atoms with Crippen LogP contribution in [0, 0.1) is 0 Å². The lowest BCUT2D eigenvalue weighted by Crippen LogP contribution is -2.43. The third kappa shape index (κ3) is 5.53. The van der Waals surface area contributed by atoms with E-state index in [1.54, 1.807) is 6.26 Å². The van der Waals surface area contributed by atoms with Crippen LogP contribution in [0.15, 0.2) is 30.3 Å². The third-order valence-electron chi connectivity index (χ3n) is 2.86. The van der Waals surface area contributed by atoms with Crippen molar-refractivity contribution in [3.63, 3.8) is 0 Å². The van der Waals surface area contributed by atoms with E-state index in [1.807, 2.05) is 37.3 Å². The van der Waals surface area contributed by atoms with Crippen molar-refractivity contribution < 1.29 is 9.00 Å². The molecule has 0 aliphatic carbocycles. The van der Waals surface area contributed by atoms with Gasteiger partial charge in [0.25, 0.3) is 0 Å². The van der Waals surface area contributed by atoms with E-state index in [0.29, 0.717) is 12.2 Å². The fraction of sp³-hybridized carbons (Fsp3) is 0.500. The smallest absolute Gasteiger partial charge is 0.237 e. The van der Waals surface area contributed by atoms with E-state index < -0.39 is 16.8 Å². The predicted octanol–water partition coefficient (Wildman–Crippen LogP) is 1.35. The van der Waals surface area contributed by atoms with Gasteiger partial charge < -0.3 is 11.1 Å². The van der Waals surface area contributed by atoms with Crippen LogP contribution in [-0.4, -0.2) is 28.2 Å². The minimum absolute atomic E-state index is 0.179. The molecule has 0 fully saturated rings. The van der Waals surface area contributed by atoms with Crippen molar-refractivity contribution in [3.8, 4) is 0 Å². The first-order chi connectivity index (χ1) is 9.04. The summed E-state index contributed by atoms with van der Waals surface area (Å²) in [7, 11) is -0.985. The normalized spacial score (nSPS) is 15.5. The van der Waals surface area contributed by atoms with Crippen LogP contribution in [0.4, 0.5) is 0 Å². The molecule has 0 saturated heterocycles. The summed E-state index contributed by atoms with van der Waals surface area (Å²) in [4.78, 5) is 12.0. The molecule has 1 amide bonds. The largest absolute Gasteiger partial charge is 0.347 e. The SMILES string of the molecule is CCCC(N)C(=O)NC(CS(C)=O)c1ccccc1. The summed E-state index contributed by atoms with van der Waals surface area (Å²) in [5.74, 6) is 0.218. The van der Waals surface area contributed by atoms with Gasteiger partial charge in [-0.05, 0) is 12.0 Å². The lowest BCUT2D eigenvalue weighted by Gasteiger charge is -2.20. The Labute approximate surface area is 117 Å². The van der Waals surface area contributed by atoms with Crippen molar-refractivity contribution in [2.24, 2.45) is 5.73 Å². The van der Waals surface area contributed by atoms with E-state index in [4.69, 9.17) is 5.73 Å². The minimum atomic E-state index is -0.985. The zero-order valence-electron chi connectivity index (χ0n) is 11.5. The van der Waals surface area contributed by atoms with E-state index in [1.165, 1.54) is 0 Å². The average molecular weight is 282 g/mol. The fourth-order valence-corrected chi connectivity index (χ4v) is 2.61. The van der Waals surface area contributed by atoms with Crippen molar-refractivity contribution in [1.82, 2.24) is 5.32 Å². The van der Waals surface area contributed by atoms with Gasteiger partial charge in [-0.15, -0.1) is 0 Å². The third-order valence-corrected chi connectivity index (χ3v) is 3.66. The Hall–Kier alpha value is -1.20. The molecule has 5 heteroatoms. The average Bonchev–Trinajstić information content (AvgIpc) is 2.38. The van der Waals surface area contributed by atoms with Gasteiger partial charge in [-0.1, -0.05) is 43.7 Å². The highest BCUT2D eigenvalue weighted by Gasteiger charge is 2.19. The Morgan fingerprint density at radius 2 is 2.00 bits per heavy atom. The second kappa shape index (κ2) is 8.07. The van der Waals surface area contributed by atoms with Crippen molar-refractivity contribution in [1.29, 1.82) is 0 Å². The summed E-state index contributed by atoms with van der Waals surface area (Å²) in [5.41, 5.74) is 6.75. The van der Waals surface area contributed by atoms with Crippen LogP contribution in [-0.2, 0) is 15.6 Å². The van der Waals surface area contributed by atoms with Crippen LogP contribution in [0.3, 0.4) is 0 Å². The van der Waals surface area contributed by atoms with Crippen molar-refractivity contribution in [2.45, 2.75) is 31.8 Å². The van der Waals surface area contributed by atoms with E-state index in [9.17, 15) is 9.00 Å². The predicted molar refractivity (Wildman–Crippen MR) is 79.1 cm³/mol. The van der Waals surface area contributed by atoms with Crippen molar-refractivity contribution >= 4 is 16.7 Å². The Morgan fingerprint density at radius 1 is 1.37 bits per heavy atom. The summed E-state index contributed by atoms with van der Waals surface area (Å²) >= 11 is 0. The molecular weight excluding hydrogens is 260 g/mol. The topological polar surface area (TPSA) is 72.2 Å². The zero-order valence-corrected chi connectivity index (χ0v) is 12.3. The van der Waals surface area contributed by atoms with Gasteiger partial charge in [-0.2, -0.15) is 0 Å². The van der Waals surface area contributed by atoms with E-state index in [2.05, 4.69) is 5.32 Å². The minimum Gasteiger partial charge on any atom is -0.347 e. The molecule has 0 aliphatic heterocycles. The van der Waals surface area contributed by atoms with Crippen molar-refractivity contribution in [2.75, 3.05) is 12.0 Å². The highest BCUT2D eigenvalue weighted by atomic mass is 32.2. The number of carbonyl (C=O) groups is 1. The van der Waals surface area contributed by atoms with Gasteiger partial charge in [0.15, 0.2) is 0 Å². The molecular formula is C14H22N2O2S. The fourth-order valence-electron chi connectivity index (χ4n) is 1.86. The molecule has 0 aromatic heterocycles. The quantitative estimate of drug-likeness (QED) is 0.793. The van der Waals surface area contributed by atoms with Gasteiger partial charge in [0.05, 0.1) is 12.1 Å². The maximum atomic E-state index is 12.0. The molecule has 0 radical (unpaired) electrons. The summed E-state index contributed by atoms with van der Waals surface area (Å²) in [5, 5.41) is 2.89. The van der Waals surface area contributed by atoms with Crippen molar-refractivity contribution in [3.05, 3.63) is 35.9 Å². The first-order valence-electron chi connectivity index (χ1n) is 6.45. The lowest BCUT2D eigenvalue weighted by atomic mass is 10.1.